The number of amides is 3. The normalized spacial score (nSPS) is 14.5. The fourth-order valence-electron chi connectivity index (χ4n) is 2.87. The first-order valence-electron chi connectivity index (χ1n) is 10.6. The number of nitrogens with two attached hydrogens (primary N) is 1. The Morgan fingerprint density at radius 2 is 1.72 bits per heavy atom. The molecule has 0 aromatic heterocycles. The van der Waals surface area contributed by atoms with E-state index in [0.29, 0.717) is 12.2 Å². The zero-order chi connectivity index (χ0) is 24.1. The van der Waals surface area contributed by atoms with Crippen LogP contribution in [0, 0.1) is 5.92 Å². The van der Waals surface area contributed by atoms with Crippen LogP contribution in [0.5, 0.6) is 0 Å². The number of carboxylic acids is 1. The van der Waals surface area contributed by atoms with E-state index >= 15 is 0 Å². The molecule has 0 saturated heterocycles. The van der Waals surface area contributed by atoms with Crippen molar-refractivity contribution in [3.8, 4) is 0 Å². The Morgan fingerprint density at radius 3 is 2.28 bits per heavy atom. The number of rotatable bonds is 14. The summed E-state index contributed by atoms with van der Waals surface area (Å²) in [6, 6.07) is 6.43. The molecule has 0 radical (unpaired) electrons. The third-order valence-electron chi connectivity index (χ3n) is 5.14. The first-order valence-corrected chi connectivity index (χ1v) is 12.0. The highest BCUT2D eigenvalue weighted by Crippen LogP contribution is 2.08. The Morgan fingerprint density at radius 1 is 1.06 bits per heavy atom. The highest BCUT2D eigenvalue weighted by Gasteiger charge is 2.27. The summed E-state index contributed by atoms with van der Waals surface area (Å²) in [5, 5.41) is 16.8. The summed E-state index contributed by atoms with van der Waals surface area (Å²) >= 11 is 1.47. The molecule has 0 aliphatic rings. The highest BCUT2D eigenvalue weighted by atomic mass is 32.2. The van der Waals surface area contributed by atoms with Crippen LogP contribution in [0.2, 0.25) is 0 Å². The highest BCUT2D eigenvalue weighted by molar-refractivity contribution is 7.98. The smallest absolute Gasteiger partial charge is 0.326 e. The van der Waals surface area contributed by atoms with Gasteiger partial charge in [0.25, 0.3) is 0 Å². The van der Waals surface area contributed by atoms with Gasteiger partial charge in [0.15, 0.2) is 0 Å². The fourth-order valence-corrected chi connectivity index (χ4v) is 3.34. The van der Waals surface area contributed by atoms with Crippen molar-refractivity contribution in [1.82, 2.24) is 16.0 Å². The van der Waals surface area contributed by atoms with Gasteiger partial charge >= 0.3 is 5.97 Å². The lowest BCUT2D eigenvalue weighted by molar-refractivity contribution is -0.141. The lowest BCUT2D eigenvalue weighted by Crippen LogP contribution is -2.55. The quantitative estimate of drug-likeness (QED) is 0.268. The number of hydrogen-bond donors (Lipinski definition) is 5. The molecule has 4 atom stereocenters. The van der Waals surface area contributed by atoms with Gasteiger partial charge in [-0.2, -0.15) is 11.8 Å². The van der Waals surface area contributed by atoms with E-state index in [4.69, 9.17) is 5.73 Å². The average Bonchev–Trinajstić information content (AvgIpc) is 2.78. The van der Waals surface area contributed by atoms with Crippen LogP contribution in [0.4, 0.5) is 0 Å². The van der Waals surface area contributed by atoms with Crippen molar-refractivity contribution in [3.05, 3.63) is 35.9 Å². The average molecular weight is 467 g/mol. The van der Waals surface area contributed by atoms with Crippen LogP contribution in [0.25, 0.3) is 0 Å². The molecule has 1 aromatic carbocycles. The molecule has 0 aliphatic heterocycles. The van der Waals surface area contributed by atoms with Gasteiger partial charge in [0.2, 0.25) is 17.7 Å². The summed E-state index contributed by atoms with van der Waals surface area (Å²) in [6.07, 6.45) is 3.05. The second kappa shape index (κ2) is 14.5. The van der Waals surface area contributed by atoms with Crippen molar-refractivity contribution in [2.24, 2.45) is 11.7 Å². The molecule has 0 spiro atoms. The lowest BCUT2D eigenvalue weighted by atomic mass is 9.98. The molecular weight excluding hydrogens is 432 g/mol. The number of nitrogens with one attached hydrogen (secondary N) is 3. The predicted molar refractivity (Wildman–Crippen MR) is 125 cm³/mol. The first-order chi connectivity index (χ1) is 15.2. The van der Waals surface area contributed by atoms with E-state index in [1.165, 1.54) is 11.8 Å². The number of carboxylic acid groups (broad SMARTS) is 1. The van der Waals surface area contributed by atoms with Crippen LogP contribution in [-0.4, -0.2) is 65.5 Å². The van der Waals surface area contributed by atoms with Crippen molar-refractivity contribution < 1.29 is 24.3 Å². The molecule has 0 fully saturated rings. The molecule has 1 rings (SSSR count). The molecule has 0 aliphatic carbocycles. The van der Waals surface area contributed by atoms with Crippen LogP contribution < -0.4 is 21.7 Å². The second-order valence-electron chi connectivity index (χ2n) is 7.62. The van der Waals surface area contributed by atoms with E-state index in [1.807, 2.05) is 50.4 Å². The van der Waals surface area contributed by atoms with E-state index in [0.717, 1.165) is 5.56 Å². The van der Waals surface area contributed by atoms with E-state index in [2.05, 4.69) is 16.0 Å². The van der Waals surface area contributed by atoms with Gasteiger partial charge in [0.05, 0.1) is 12.6 Å². The minimum absolute atomic E-state index is 0.0598. The van der Waals surface area contributed by atoms with E-state index < -0.39 is 48.4 Å². The summed E-state index contributed by atoms with van der Waals surface area (Å²) in [6.45, 7) is 3.38. The van der Waals surface area contributed by atoms with Crippen LogP contribution >= 0.6 is 11.8 Å². The molecule has 9 nitrogen and oxygen atoms in total. The molecular formula is C22H34N4O5S. The maximum atomic E-state index is 12.8. The summed E-state index contributed by atoms with van der Waals surface area (Å²) in [4.78, 5) is 48.8. The minimum atomic E-state index is -1.13. The van der Waals surface area contributed by atoms with Crippen LogP contribution in [0.3, 0.4) is 0 Å². The zero-order valence-electron chi connectivity index (χ0n) is 18.8. The molecule has 0 saturated carbocycles. The van der Waals surface area contributed by atoms with Crippen molar-refractivity contribution >= 4 is 35.5 Å². The summed E-state index contributed by atoms with van der Waals surface area (Å²) < 4.78 is 0. The summed E-state index contributed by atoms with van der Waals surface area (Å²) in [5.74, 6) is -2.23. The number of carbonyl (C=O) groups excluding carboxylic acids is 3. The number of hydrogen-bond acceptors (Lipinski definition) is 6. The molecule has 4 unspecified atom stereocenters. The Balaban J connectivity index is 2.78. The fraction of sp³-hybridized carbons (Fsp3) is 0.545. The summed E-state index contributed by atoms with van der Waals surface area (Å²) in [7, 11) is 0. The van der Waals surface area contributed by atoms with E-state index in [1.54, 1.807) is 0 Å². The predicted octanol–water partition coefficient (Wildman–Crippen LogP) is 0.526. The van der Waals surface area contributed by atoms with Crippen LogP contribution in [0.15, 0.2) is 30.3 Å². The molecule has 10 heteroatoms. The third kappa shape index (κ3) is 9.69. The van der Waals surface area contributed by atoms with Crippen molar-refractivity contribution in [1.29, 1.82) is 0 Å². The number of aliphatic carboxylic acids is 1. The molecule has 32 heavy (non-hydrogen) atoms. The van der Waals surface area contributed by atoms with Gasteiger partial charge in [-0.15, -0.1) is 0 Å². The van der Waals surface area contributed by atoms with Gasteiger partial charge in [0.1, 0.15) is 12.1 Å². The number of benzene rings is 1. The summed E-state index contributed by atoms with van der Waals surface area (Å²) in [5.41, 5.74) is 6.82. The van der Waals surface area contributed by atoms with Crippen LogP contribution in [0.1, 0.15) is 32.3 Å². The Labute approximate surface area is 193 Å². The number of thioether (sulfide) groups is 1. The molecule has 6 N–H and O–H groups in total. The topological polar surface area (TPSA) is 151 Å². The standard InChI is InChI=1S/C22H34N4O5S/c1-4-14(2)19(23)21(29)26-17(12-15-8-6-5-7-9-15)20(28)24-13-18(27)25-16(22(30)31)10-11-32-3/h5-9,14,16-17,19H,4,10-13,23H2,1-3H3,(H,24,28)(H,25,27)(H,26,29)(H,30,31). The van der Waals surface area contributed by atoms with Gasteiger partial charge in [-0.25, -0.2) is 4.79 Å². The minimum Gasteiger partial charge on any atom is -0.480 e. The second-order valence-corrected chi connectivity index (χ2v) is 8.61. The lowest BCUT2D eigenvalue weighted by Gasteiger charge is -2.23. The molecule has 3 amide bonds. The van der Waals surface area contributed by atoms with Gasteiger partial charge in [-0.3, -0.25) is 14.4 Å². The number of carbonyl (C=O) groups is 4. The first kappa shape index (κ1) is 27.4. The van der Waals surface area contributed by atoms with E-state index in [-0.39, 0.29) is 18.8 Å². The zero-order valence-corrected chi connectivity index (χ0v) is 19.6. The molecule has 0 bridgehead atoms. The van der Waals surface area contributed by atoms with Gasteiger partial charge in [0, 0.05) is 6.42 Å². The molecule has 0 heterocycles. The monoisotopic (exact) mass is 466 g/mol. The van der Waals surface area contributed by atoms with Gasteiger partial charge in [-0.05, 0) is 29.9 Å². The van der Waals surface area contributed by atoms with Crippen molar-refractivity contribution in [2.45, 2.75) is 51.2 Å². The van der Waals surface area contributed by atoms with Crippen molar-refractivity contribution in [2.75, 3.05) is 18.6 Å². The molecule has 1 aromatic rings. The van der Waals surface area contributed by atoms with Crippen molar-refractivity contribution in [3.63, 3.8) is 0 Å². The largest absolute Gasteiger partial charge is 0.480 e. The Kier molecular flexibility index (Phi) is 12.4. The van der Waals surface area contributed by atoms with Gasteiger partial charge in [-0.1, -0.05) is 50.6 Å². The van der Waals surface area contributed by atoms with E-state index in [9.17, 15) is 24.3 Å². The van der Waals surface area contributed by atoms with Gasteiger partial charge < -0.3 is 26.8 Å². The Hall–Kier alpha value is -2.59. The maximum Gasteiger partial charge on any atom is 0.326 e. The Bertz CT molecular complexity index is 762. The SMILES string of the molecule is CCC(C)C(N)C(=O)NC(Cc1ccccc1)C(=O)NCC(=O)NC(CCSC)C(=O)O. The van der Waals surface area contributed by atoms with Crippen LogP contribution in [-0.2, 0) is 25.6 Å². The molecule has 178 valence electrons. The third-order valence-corrected chi connectivity index (χ3v) is 5.79. The maximum absolute atomic E-state index is 12.8.